The summed E-state index contributed by atoms with van der Waals surface area (Å²) in [4.78, 5) is 26.6. The van der Waals surface area contributed by atoms with Crippen molar-refractivity contribution in [3.8, 4) is 0 Å². The number of carbonyl (C=O) groups excluding carboxylic acids is 2. The Balaban J connectivity index is 1.64. The number of carbonyl (C=O) groups is 2. The van der Waals surface area contributed by atoms with Crippen LogP contribution >= 0.6 is 0 Å². The monoisotopic (exact) mass is 399 g/mol. The zero-order chi connectivity index (χ0) is 20.5. The van der Waals surface area contributed by atoms with Crippen LogP contribution in [-0.4, -0.2) is 69.3 Å². The van der Waals surface area contributed by atoms with Gasteiger partial charge in [0, 0.05) is 0 Å². The zero-order valence-corrected chi connectivity index (χ0v) is 15.4. The predicted octanol–water partition coefficient (Wildman–Crippen LogP) is 0.307. The van der Waals surface area contributed by atoms with E-state index in [1.165, 1.54) is 12.1 Å². The molecule has 5 atom stereocenters. The number of amides is 2. The Hall–Kier alpha value is -2.62. The molecular formula is C21H21NO7. The van der Waals surface area contributed by atoms with Crippen molar-refractivity contribution in [1.29, 1.82) is 0 Å². The normalized spacial score (nSPS) is 29.2. The van der Waals surface area contributed by atoms with Crippen LogP contribution in [-0.2, 0) is 16.1 Å². The molecule has 152 valence electrons. The van der Waals surface area contributed by atoms with E-state index in [1.807, 2.05) is 30.3 Å². The second-order valence-corrected chi connectivity index (χ2v) is 7.02. The third kappa shape index (κ3) is 3.45. The maximum atomic E-state index is 12.9. The van der Waals surface area contributed by atoms with Crippen molar-refractivity contribution in [2.75, 3.05) is 6.61 Å². The van der Waals surface area contributed by atoms with Gasteiger partial charge in [0.2, 0.25) is 0 Å². The summed E-state index contributed by atoms with van der Waals surface area (Å²) >= 11 is 0. The number of nitrogens with zero attached hydrogens (tertiary/aromatic N) is 1. The number of aliphatic hydroxyl groups excluding tert-OH is 3. The summed E-state index contributed by atoms with van der Waals surface area (Å²) in [5, 5.41) is 30.5. The smallest absolute Gasteiger partial charge is 0.262 e. The highest BCUT2D eigenvalue weighted by Crippen LogP contribution is 2.32. The van der Waals surface area contributed by atoms with Crippen molar-refractivity contribution < 1.29 is 34.4 Å². The molecule has 2 amide bonds. The topological polar surface area (TPSA) is 117 Å². The SMILES string of the molecule is O=C1c2ccccc2C(=O)N1C1C(O)[C@H](O)C(CO)O[C@H]1OCc1ccccc1. The molecule has 8 heteroatoms. The number of hydrogen-bond donors (Lipinski definition) is 3. The third-order valence-electron chi connectivity index (χ3n) is 5.23. The van der Waals surface area contributed by atoms with Gasteiger partial charge in [0.1, 0.15) is 24.4 Å². The molecular weight excluding hydrogens is 378 g/mol. The standard InChI is InChI=1S/C21H21NO7/c23-10-15-17(24)18(25)16(21(29-15)28-11-12-6-2-1-3-7-12)22-19(26)13-8-4-5-9-14(13)20(22)27/h1-9,15-18,21,23-25H,10-11H2/t15?,16?,17-,18?,21-/m1/s1. The van der Waals surface area contributed by atoms with Crippen molar-refractivity contribution >= 4 is 11.8 Å². The van der Waals surface area contributed by atoms with Crippen LogP contribution in [0.3, 0.4) is 0 Å². The number of rotatable bonds is 5. The molecule has 0 bridgehead atoms. The number of benzene rings is 2. The van der Waals surface area contributed by atoms with E-state index in [1.54, 1.807) is 12.1 Å². The summed E-state index contributed by atoms with van der Waals surface area (Å²) in [5.74, 6) is -1.19. The number of aliphatic hydroxyl groups is 3. The van der Waals surface area contributed by atoms with E-state index in [9.17, 15) is 24.9 Å². The van der Waals surface area contributed by atoms with Crippen molar-refractivity contribution in [3.05, 3.63) is 71.3 Å². The van der Waals surface area contributed by atoms with E-state index < -0.39 is 49.1 Å². The van der Waals surface area contributed by atoms with Crippen molar-refractivity contribution in [2.45, 2.75) is 37.3 Å². The minimum absolute atomic E-state index is 0.0894. The first kappa shape index (κ1) is 19.7. The van der Waals surface area contributed by atoms with E-state index in [0.717, 1.165) is 10.5 Å². The fraction of sp³-hybridized carbons (Fsp3) is 0.333. The lowest BCUT2D eigenvalue weighted by atomic mass is 9.95. The molecule has 3 unspecified atom stereocenters. The highest BCUT2D eigenvalue weighted by atomic mass is 16.7. The summed E-state index contributed by atoms with van der Waals surface area (Å²) in [7, 11) is 0. The molecule has 2 aromatic carbocycles. The van der Waals surface area contributed by atoms with Gasteiger partial charge in [-0.1, -0.05) is 42.5 Å². The Kier molecular flexibility index (Phi) is 5.44. The Morgan fingerprint density at radius 2 is 1.48 bits per heavy atom. The second kappa shape index (κ2) is 8.02. The highest BCUT2D eigenvalue weighted by Gasteiger charge is 2.53. The fourth-order valence-electron chi connectivity index (χ4n) is 3.71. The summed E-state index contributed by atoms with van der Waals surface area (Å²) < 4.78 is 11.4. The molecule has 4 rings (SSSR count). The minimum Gasteiger partial charge on any atom is -0.394 e. The fourth-order valence-corrected chi connectivity index (χ4v) is 3.71. The molecule has 3 N–H and O–H groups in total. The average Bonchev–Trinajstić information content (AvgIpc) is 3.00. The lowest BCUT2D eigenvalue weighted by Crippen LogP contribution is -2.65. The van der Waals surface area contributed by atoms with Crippen molar-refractivity contribution in [2.24, 2.45) is 0 Å². The second-order valence-electron chi connectivity index (χ2n) is 7.02. The highest BCUT2D eigenvalue weighted by molar-refractivity contribution is 6.21. The Morgan fingerprint density at radius 1 is 0.897 bits per heavy atom. The van der Waals surface area contributed by atoms with Crippen LogP contribution in [0.25, 0.3) is 0 Å². The van der Waals surface area contributed by atoms with E-state index in [4.69, 9.17) is 9.47 Å². The third-order valence-corrected chi connectivity index (χ3v) is 5.23. The van der Waals surface area contributed by atoms with Crippen molar-refractivity contribution in [3.63, 3.8) is 0 Å². The number of fused-ring (bicyclic) bond motifs is 1. The maximum Gasteiger partial charge on any atom is 0.262 e. The molecule has 8 nitrogen and oxygen atoms in total. The average molecular weight is 399 g/mol. The van der Waals surface area contributed by atoms with Crippen LogP contribution in [0.2, 0.25) is 0 Å². The first-order valence-corrected chi connectivity index (χ1v) is 9.28. The van der Waals surface area contributed by atoms with Crippen LogP contribution in [0.4, 0.5) is 0 Å². The Labute approximate surface area is 166 Å². The van der Waals surface area contributed by atoms with E-state index in [0.29, 0.717) is 0 Å². The van der Waals surface area contributed by atoms with Crippen LogP contribution in [0.1, 0.15) is 26.3 Å². The summed E-state index contributed by atoms with van der Waals surface area (Å²) in [5.41, 5.74) is 1.24. The Bertz CT molecular complexity index is 868. The molecule has 2 aliphatic heterocycles. The molecule has 0 radical (unpaired) electrons. The van der Waals surface area contributed by atoms with Crippen LogP contribution in [0, 0.1) is 0 Å². The molecule has 0 aliphatic carbocycles. The van der Waals surface area contributed by atoms with Crippen LogP contribution in [0.15, 0.2) is 54.6 Å². The van der Waals surface area contributed by atoms with Gasteiger partial charge < -0.3 is 24.8 Å². The summed E-state index contributed by atoms with van der Waals surface area (Å²) in [6.07, 6.45) is -5.39. The first-order chi connectivity index (χ1) is 14.0. The van der Waals surface area contributed by atoms with Crippen LogP contribution < -0.4 is 0 Å². The Morgan fingerprint density at radius 3 is 2.07 bits per heavy atom. The van der Waals surface area contributed by atoms with E-state index >= 15 is 0 Å². The molecule has 2 aromatic rings. The zero-order valence-electron chi connectivity index (χ0n) is 15.4. The van der Waals surface area contributed by atoms with Gasteiger partial charge in [-0.2, -0.15) is 0 Å². The van der Waals surface area contributed by atoms with Gasteiger partial charge in [-0.05, 0) is 17.7 Å². The molecule has 29 heavy (non-hydrogen) atoms. The van der Waals surface area contributed by atoms with Gasteiger partial charge >= 0.3 is 0 Å². The largest absolute Gasteiger partial charge is 0.394 e. The minimum atomic E-state index is -1.55. The molecule has 1 saturated heterocycles. The van der Waals surface area contributed by atoms with E-state index in [2.05, 4.69) is 0 Å². The number of ether oxygens (including phenoxy) is 2. The summed E-state index contributed by atoms with van der Waals surface area (Å²) in [6.45, 7) is -0.468. The molecule has 1 fully saturated rings. The van der Waals surface area contributed by atoms with E-state index in [-0.39, 0.29) is 17.7 Å². The number of imide groups is 1. The van der Waals surface area contributed by atoms with Gasteiger partial charge in [0.15, 0.2) is 6.29 Å². The molecule has 0 spiro atoms. The first-order valence-electron chi connectivity index (χ1n) is 9.28. The molecule has 2 heterocycles. The lowest BCUT2D eigenvalue weighted by molar-refractivity contribution is -0.282. The van der Waals surface area contributed by atoms with Gasteiger partial charge in [-0.3, -0.25) is 14.5 Å². The number of hydrogen-bond acceptors (Lipinski definition) is 7. The summed E-state index contributed by atoms with van der Waals surface area (Å²) in [6, 6.07) is 14.2. The quantitative estimate of drug-likeness (QED) is 0.620. The van der Waals surface area contributed by atoms with Gasteiger partial charge in [0.05, 0.1) is 24.3 Å². The predicted molar refractivity (Wildman–Crippen MR) is 99.7 cm³/mol. The lowest BCUT2D eigenvalue weighted by Gasteiger charge is -2.44. The van der Waals surface area contributed by atoms with Crippen LogP contribution in [0.5, 0.6) is 0 Å². The van der Waals surface area contributed by atoms with Gasteiger partial charge in [-0.25, -0.2) is 0 Å². The molecule has 0 saturated carbocycles. The van der Waals surface area contributed by atoms with Gasteiger partial charge in [0.25, 0.3) is 11.8 Å². The van der Waals surface area contributed by atoms with Crippen molar-refractivity contribution in [1.82, 2.24) is 4.90 Å². The molecule has 0 aromatic heterocycles. The maximum absolute atomic E-state index is 12.9. The molecule has 2 aliphatic rings. The van der Waals surface area contributed by atoms with Gasteiger partial charge in [-0.15, -0.1) is 0 Å².